The Morgan fingerprint density at radius 2 is 2.33 bits per heavy atom. The molecular weight excluding hydrogens is 208 g/mol. The molecule has 0 aromatic carbocycles. The van der Waals surface area contributed by atoms with Crippen molar-refractivity contribution in [2.75, 3.05) is 17.7 Å². The summed E-state index contributed by atoms with van der Waals surface area (Å²) in [6.07, 6.45) is 7.49. The SMILES string of the molecule is Cc1cnccc1NCC1(CCCl)CC1. The fourth-order valence-electron chi connectivity index (χ4n) is 1.85. The van der Waals surface area contributed by atoms with Gasteiger partial charge in [0.2, 0.25) is 0 Å². The zero-order chi connectivity index (χ0) is 10.7. The van der Waals surface area contributed by atoms with Gasteiger partial charge < -0.3 is 5.32 Å². The van der Waals surface area contributed by atoms with Gasteiger partial charge in [-0.05, 0) is 43.2 Å². The van der Waals surface area contributed by atoms with Gasteiger partial charge in [-0.15, -0.1) is 11.6 Å². The van der Waals surface area contributed by atoms with Crippen LogP contribution in [0.4, 0.5) is 5.69 Å². The van der Waals surface area contributed by atoms with Crippen LogP contribution in [0.2, 0.25) is 0 Å². The lowest BCUT2D eigenvalue weighted by Crippen LogP contribution is -2.16. The minimum atomic E-state index is 0.484. The van der Waals surface area contributed by atoms with Crippen LogP contribution in [0, 0.1) is 12.3 Å². The van der Waals surface area contributed by atoms with Crippen molar-refractivity contribution in [3.05, 3.63) is 24.0 Å². The minimum Gasteiger partial charge on any atom is -0.384 e. The van der Waals surface area contributed by atoms with Gasteiger partial charge in [0.1, 0.15) is 0 Å². The molecule has 3 heteroatoms. The van der Waals surface area contributed by atoms with Crippen molar-refractivity contribution in [1.29, 1.82) is 0 Å². The quantitative estimate of drug-likeness (QED) is 0.777. The van der Waals surface area contributed by atoms with E-state index in [1.807, 2.05) is 18.5 Å². The molecule has 1 aromatic rings. The van der Waals surface area contributed by atoms with E-state index in [0.29, 0.717) is 5.41 Å². The summed E-state index contributed by atoms with van der Waals surface area (Å²) >= 11 is 5.80. The second-order valence-electron chi connectivity index (χ2n) is 4.48. The summed E-state index contributed by atoms with van der Waals surface area (Å²) in [4.78, 5) is 4.08. The van der Waals surface area contributed by atoms with Crippen molar-refractivity contribution in [2.45, 2.75) is 26.2 Å². The summed E-state index contributed by atoms with van der Waals surface area (Å²) in [6.45, 7) is 3.13. The molecule has 1 heterocycles. The normalized spacial score (nSPS) is 17.5. The summed E-state index contributed by atoms with van der Waals surface area (Å²) in [6, 6.07) is 2.03. The average molecular weight is 225 g/mol. The number of aryl methyl sites for hydroxylation is 1. The molecule has 0 bridgehead atoms. The van der Waals surface area contributed by atoms with Crippen molar-refractivity contribution in [3.63, 3.8) is 0 Å². The van der Waals surface area contributed by atoms with E-state index in [4.69, 9.17) is 11.6 Å². The number of anilines is 1. The van der Waals surface area contributed by atoms with Crippen LogP contribution in [0.5, 0.6) is 0 Å². The average Bonchev–Trinajstić information content (AvgIpc) is 2.98. The predicted octanol–water partition coefficient (Wildman–Crippen LogP) is 3.21. The molecule has 0 atom stereocenters. The van der Waals surface area contributed by atoms with Crippen molar-refractivity contribution in [3.8, 4) is 0 Å². The van der Waals surface area contributed by atoms with E-state index in [9.17, 15) is 0 Å². The van der Waals surface area contributed by atoms with Gasteiger partial charge in [0.15, 0.2) is 0 Å². The largest absolute Gasteiger partial charge is 0.384 e. The molecular formula is C12H17ClN2. The van der Waals surface area contributed by atoms with E-state index in [2.05, 4.69) is 17.2 Å². The van der Waals surface area contributed by atoms with Crippen LogP contribution in [0.25, 0.3) is 0 Å². The molecule has 0 spiro atoms. The molecule has 0 unspecified atom stereocenters. The van der Waals surface area contributed by atoms with Gasteiger partial charge in [0.25, 0.3) is 0 Å². The van der Waals surface area contributed by atoms with Gasteiger partial charge >= 0.3 is 0 Å². The second kappa shape index (κ2) is 4.40. The predicted molar refractivity (Wildman–Crippen MR) is 64.5 cm³/mol. The topological polar surface area (TPSA) is 24.9 Å². The van der Waals surface area contributed by atoms with Gasteiger partial charge in [0, 0.05) is 30.5 Å². The Kier molecular flexibility index (Phi) is 3.15. The lowest BCUT2D eigenvalue weighted by atomic mass is 10.0. The van der Waals surface area contributed by atoms with Gasteiger partial charge in [-0.1, -0.05) is 0 Å². The van der Waals surface area contributed by atoms with E-state index in [1.54, 1.807) is 0 Å². The Morgan fingerprint density at radius 3 is 2.93 bits per heavy atom. The second-order valence-corrected chi connectivity index (χ2v) is 4.86. The molecule has 0 aliphatic heterocycles. The molecule has 0 saturated heterocycles. The van der Waals surface area contributed by atoms with E-state index in [1.165, 1.54) is 24.1 Å². The number of alkyl halides is 1. The maximum atomic E-state index is 5.80. The number of nitrogens with zero attached hydrogens (tertiary/aromatic N) is 1. The van der Waals surface area contributed by atoms with Crippen LogP contribution in [0.1, 0.15) is 24.8 Å². The fraction of sp³-hybridized carbons (Fsp3) is 0.583. The highest BCUT2D eigenvalue weighted by molar-refractivity contribution is 6.17. The Morgan fingerprint density at radius 1 is 1.53 bits per heavy atom. The standard InChI is InChI=1S/C12H17ClN2/c1-10-8-14-7-2-11(10)15-9-12(3-4-12)5-6-13/h2,7-8H,3-6,9H2,1H3,(H,14,15). The Bertz CT molecular complexity index is 334. The Balaban J connectivity index is 1.91. The van der Waals surface area contributed by atoms with E-state index < -0.39 is 0 Å². The number of hydrogen-bond donors (Lipinski definition) is 1. The van der Waals surface area contributed by atoms with Crippen molar-refractivity contribution in [1.82, 2.24) is 4.98 Å². The maximum Gasteiger partial charge on any atom is 0.0400 e. The number of nitrogens with one attached hydrogen (secondary N) is 1. The third-order valence-corrected chi connectivity index (χ3v) is 3.45. The highest BCUT2D eigenvalue weighted by Gasteiger charge is 2.41. The fourth-order valence-corrected chi connectivity index (χ4v) is 2.25. The van der Waals surface area contributed by atoms with Crippen molar-refractivity contribution in [2.24, 2.45) is 5.41 Å². The first-order valence-electron chi connectivity index (χ1n) is 5.46. The van der Waals surface area contributed by atoms with Gasteiger partial charge in [-0.3, -0.25) is 4.98 Å². The summed E-state index contributed by atoms with van der Waals surface area (Å²) in [5.41, 5.74) is 2.89. The Hall–Kier alpha value is -0.760. The van der Waals surface area contributed by atoms with Crippen molar-refractivity contribution >= 4 is 17.3 Å². The lowest BCUT2D eigenvalue weighted by molar-refractivity contribution is 0.524. The van der Waals surface area contributed by atoms with Crippen LogP contribution >= 0.6 is 11.6 Å². The molecule has 15 heavy (non-hydrogen) atoms. The number of hydrogen-bond acceptors (Lipinski definition) is 2. The number of halogens is 1. The zero-order valence-corrected chi connectivity index (χ0v) is 9.85. The number of rotatable bonds is 5. The smallest absolute Gasteiger partial charge is 0.0400 e. The summed E-state index contributed by atoms with van der Waals surface area (Å²) < 4.78 is 0. The summed E-state index contributed by atoms with van der Waals surface area (Å²) in [7, 11) is 0. The third-order valence-electron chi connectivity index (χ3n) is 3.26. The molecule has 1 aliphatic carbocycles. The lowest BCUT2D eigenvalue weighted by Gasteiger charge is -2.16. The van der Waals surface area contributed by atoms with E-state index >= 15 is 0 Å². The molecule has 82 valence electrons. The Labute approximate surface area is 96.1 Å². The van der Waals surface area contributed by atoms with Gasteiger partial charge in [0.05, 0.1) is 0 Å². The highest BCUT2D eigenvalue weighted by Crippen LogP contribution is 2.48. The van der Waals surface area contributed by atoms with E-state index in [-0.39, 0.29) is 0 Å². The molecule has 0 radical (unpaired) electrons. The molecule has 2 nitrogen and oxygen atoms in total. The highest BCUT2D eigenvalue weighted by atomic mass is 35.5. The van der Waals surface area contributed by atoms with Crippen LogP contribution in [0.15, 0.2) is 18.5 Å². The molecule has 1 aromatic heterocycles. The number of pyridine rings is 1. The van der Waals surface area contributed by atoms with Gasteiger partial charge in [-0.25, -0.2) is 0 Å². The first-order chi connectivity index (χ1) is 7.26. The third kappa shape index (κ3) is 2.63. The molecule has 1 saturated carbocycles. The van der Waals surface area contributed by atoms with Crippen molar-refractivity contribution < 1.29 is 0 Å². The molecule has 1 fully saturated rings. The monoisotopic (exact) mass is 224 g/mol. The van der Waals surface area contributed by atoms with E-state index in [0.717, 1.165) is 18.8 Å². The molecule has 2 rings (SSSR count). The maximum absolute atomic E-state index is 5.80. The summed E-state index contributed by atoms with van der Waals surface area (Å²) in [5, 5.41) is 3.50. The molecule has 0 amide bonds. The van der Waals surface area contributed by atoms with Crippen LogP contribution in [0.3, 0.4) is 0 Å². The first-order valence-corrected chi connectivity index (χ1v) is 6.00. The molecule has 1 N–H and O–H groups in total. The summed E-state index contributed by atoms with van der Waals surface area (Å²) in [5.74, 6) is 0.775. The van der Waals surface area contributed by atoms with Crippen LogP contribution < -0.4 is 5.32 Å². The van der Waals surface area contributed by atoms with Gasteiger partial charge in [-0.2, -0.15) is 0 Å². The molecule has 1 aliphatic rings. The first kappa shape index (κ1) is 10.7. The number of aromatic nitrogens is 1. The van der Waals surface area contributed by atoms with Crippen LogP contribution in [-0.4, -0.2) is 17.4 Å². The minimum absolute atomic E-state index is 0.484. The zero-order valence-electron chi connectivity index (χ0n) is 9.09. The van der Waals surface area contributed by atoms with Crippen LogP contribution in [-0.2, 0) is 0 Å².